The summed E-state index contributed by atoms with van der Waals surface area (Å²) >= 11 is 0. The molecule has 0 heterocycles. The van der Waals surface area contributed by atoms with Gasteiger partial charge in [0.15, 0.2) is 0 Å². The van der Waals surface area contributed by atoms with Crippen molar-refractivity contribution in [2.45, 2.75) is 12.5 Å². The summed E-state index contributed by atoms with van der Waals surface area (Å²) in [6, 6.07) is 13.4. The van der Waals surface area contributed by atoms with Gasteiger partial charge in [-0.25, -0.2) is 4.57 Å². The van der Waals surface area contributed by atoms with Crippen molar-refractivity contribution in [3.63, 3.8) is 0 Å². The number of methoxy groups -OCH3 is 1. The first-order valence-corrected chi connectivity index (χ1v) is 9.04. The summed E-state index contributed by atoms with van der Waals surface area (Å²) in [6.07, 6.45) is -0.0671. The van der Waals surface area contributed by atoms with E-state index in [1.165, 1.54) is 7.11 Å². The van der Waals surface area contributed by atoms with Crippen molar-refractivity contribution in [2.75, 3.05) is 14.2 Å². The van der Waals surface area contributed by atoms with Gasteiger partial charge in [0.25, 0.3) is 0 Å². The van der Waals surface area contributed by atoms with Crippen molar-refractivity contribution in [2.24, 2.45) is 0 Å². The molecular formula is C17H20NO6P. The topological polar surface area (TPSA) is 107 Å². The molecule has 0 fully saturated rings. The molecule has 0 aromatic heterocycles. The van der Waals surface area contributed by atoms with E-state index >= 15 is 0 Å². The van der Waals surface area contributed by atoms with Crippen molar-refractivity contribution < 1.29 is 29.0 Å². The summed E-state index contributed by atoms with van der Waals surface area (Å²) in [7, 11) is -2.05. The van der Waals surface area contributed by atoms with Crippen molar-refractivity contribution in [1.29, 1.82) is 0 Å². The predicted molar refractivity (Wildman–Crippen MR) is 93.4 cm³/mol. The highest BCUT2D eigenvalue weighted by atomic mass is 31.2. The Morgan fingerprint density at radius 3 is 2.36 bits per heavy atom. The fraction of sp³-hybridized carbons (Fsp3) is 0.235. The van der Waals surface area contributed by atoms with Crippen LogP contribution in [0.5, 0.6) is 5.75 Å². The molecule has 0 aliphatic heterocycles. The van der Waals surface area contributed by atoms with Gasteiger partial charge in [-0.15, -0.1) is 0 Å². The Hall–Kier alpha value is -2.18. The minimum absolute atomic E-state index is 0.0671. The third-order valence-corrected chi connectivity index (χ3v) is 5.03. The van der Waals surface area contributed by atoms with E-state index in [1.54, 1.807) is 18.2 Å². The lowest BCUT2D eigenvalue weighted by Gasteiger charge is -2.25. The van der Waals surface area contributed by atoms with Crippen molar-refractivity contribution >= 4 is 13.7 Å². The first-order chi connectivity index (χ1) is 11.7. The molecule has 0 aliphatic rings. The first kappa shape index (κ1) is 19.1. The van der Waals surface area contributed by atoms with Gasteiger partial charge in [-0.05, 0) is 30.7 Å². The van der Waals surface area contributed by atoms with Gasteiger partial charge < -0.3 is 19.6 Å². The Morgan fingerprint density at radius 2 is 1.84 bits per heavy atom. The molecule has 2 rings (SSSR count). The molecule has 0 spiro atoms. The minimum Gasteiger partial charge on any atom is -0.496 e. The number of ether oxygens (including phenoxy) is 1. The van der Waals surface area contributed by atoms with Gasteiger partial charge in [0.1, 0.15) is 11.8 Å². The number of benzene rings is 2. The van der Waals surface area contributed by atoms with Crippen LogP contribution in [-0.2, 0) is 15.8 Å². The molecule has 134 valence electrons. The van der Waals surface area contributed by atoms with Crippen LogP contribution in [0.3, 0.4) is 0 Å². The molecule has 0 bridgehead atoms. The lowest BCUT2D eigenvalue weighted by molar-refractivity contribution is -0.141. The van der Waals surface area contributed by atoms with Crippen molar-refractivity contribution in [1.82, 2.24) is 4.67 Å². The molecule has 25 heavy (non-hydrogen) atoms. The average molecular weight is 365 g/mol. The highest BCUT2D eigenvalue weighted by Gasteiger charge is 2.34. The van der Waals surface area contributed by atoms with Crippen molar-refractivity contribution in [3.8, 4) is 16.9 Å². The Balaban J connectivity index is 2.34. The Kier molecular flexibility index (Phi) is 5.98. The van der Waals surface area contributed by atoms with Crippen molar-refractivity contribution in [3.05, 3.63) is 54.1 Å². The van der Waals surface area contributed by atoms with E-state index in [4.69, 9.17) is 4.74 Å². The number of rotatable bonds is 7. The number of hydrogen-bond donors (Lipinski definition) is 3. The molecule has 2 aromatic carbocycles. The Bertz CT molecular complexity index is 789. The normalized spacial score (nSPS) is 12.8. The quantitative estimate of drug-likeness (QED) is 0.647. The third-order valence-electron chi connectivity index (χ3n) is 3.93. The molecule has 0 saturated carbocycles. The molecule has 8 heteroatoms. The molecule has 2 aromatic rings. The predicted octanol–water partition coefficient (Wildman–Crippen LogP) is 2.38. The van der Waals surface area contributed by atoms with Crippen LogP contribution in [0.1, 0.15) is 5.56 Å². The molecule has 0 aliphatic carbocycles. The zero-order valence-electron chi connectivity index (χ0n) is 13.9. The fourth-order valence-electron chi connectivity index (χ4n) is 2.50. The zero-order chi connectivity index (χ0) is 18.6. The van der Waals surface area contributed by atoms with Crippen LogP contribution in [0, 0.1) is 0 Å². The minimum atomic E-state index is -4.66. The van der Waals surface area contributed by atoms with Gasteiger partial charge in [0.05, 0.1) is 7.11 Å². The highest BCUT2D eigenvalue weighted by molar-refractivity contribution is 7.49. The second-order valence-corrected chi connectivity index (χ2v) is 7.20. The average Bonchev–Trinajstić information content (AvgIpc) is 2.58. The maximum Gasteiger partial charge on any atom is 0.403 e. The van der Waals surface area contributed by atoms with E-state index in [-0.39, 0.29) is 6.42 Å². The number of hydrogen-bond acceptors (Lipinski definition) is 3. The summed E-state index contributed by atoms with van der Waals surface area (Å²) in [5.74, 6) is -0.747. The number of carbonyl (C=O) groups is 1. The van der Waals surface area contributed by atoms with Crippen LogP contribution >= 0.6 is 7.75 Å². The van der Waals surface area contributed by atoms with E-state index in [2.05, 4.69) is 0 Å². The van der Waals surface area contributed by atoms with Gasteiger partial charge in [-0.1, -0.05) is 42.5 Å². The maximum atomic E-state index is 11.4. The lowest BCUT2D eigenvalue weighted by atomic mass is 9.99. The molecule has 0 unspecified atom stereocenters. The third kappa shape index (κ3) is 4.67. The largest absolute Gasteiger partial charge is 0.496 e. The van der Waals surface area contributed by atoms with Gasteiger partial charge >= 0.3 is 13.7 Å². The summed E-state index contributed by atoms with van der Waals surface area (Å²) in [4.78, 5) is 29.9. The molecule has 0 saturated heterocycles. The number of aliphatic carboxylic acids is 1. The van der Waals surface area contributed by atoms with Crippen LogP contribution in [0.25, 0.3) is 11.1 Å². The zero-order valence-corrected chi connectivity index (χ0v) is 14.8. The second kappa shape index (κ2) is 7.80. The fourth-order valence-corrected chi connectivity index (χ4v) is 3.05. The number of carboxylic acid groups (broad SMARTS) is 1. The molecule has 0 amide bonds. The highest BCUT2D eigenvalue weighted by Crippen LogP contribution is 2.41. The van der Waals surface area contributed by atoms with E-state index in [0.717, 1.165) is 18.2 Å². The number of likely N-dealkylation sites (N-methyl/N-ethyl adjacent to an activating group) is 1. The first-order valence-electron chi connectivity index (χ1n) is 7.48. The monoisotopic (exact) mass is 365 g/mol. The van der Waals surface area contributed by atoms with Crippen LogP contribution in [0.2, 0.25) is 0 Å². The van der Waals surface area contributed by atoms with E-state index in [1.807, 2.05) is 30.3 Å². The van der Waals surface area contributed by atoms with Crippen LogP contribution in [0.4, 0.5) is 0 Å². The summed E-state index contributed by atoms with van der Waals surface area (Å²) < 4.78 is 17.3. The molecular weight excluding hydrogens is 345 g/mol. The van der Waals surface area contributed by atoms with Gasteiger partial charge in [-0.2, -0.15) is 4.67 Å². The van der Waals surface area contributed by atoms with E-state index in [9.17, 15) is 24.3 Å². The standard InChI is InChI=1S/C17H20NO6P/c1-18(25(21,22)23)15(17(19)20)10-12-8-9-14(16(11-12)24-2)13-6-4-3-5-7-13/h3-9,11,15H,10H2,1-2H3,(H,19,20)(H2,21,22,23)/t15-/m0/s1. The maximum absolute atomic E-state index is 11.4. The van der Waals surface area contributed by atoms with Crippen LogP contribution < -0.4 is 4.74 Å². The SMILES string of the molecule is COc1cc(C[C@@H](C(=O)O)N(C)P(=O)(O)O)ccc1-c1ccccc1. The summed E-state index contributed by atoms with van der Waals surface area (Å²) in [5, 5.41) is 9.31. The van der Waals surface area contributed by atoms with Gasteiger partial charge in [0.2, 0.25) is 0 Å². The van der Waals surface area contributed by atoms with Crippen LogP contribution in [0.15, 0.2) is 48.5 Å². The van der Waals surface area contributed by atoms with Gasteiger partial charge in [0, 0.05) is 5.56 Å². The van der Waals surface area contributed by atoms with Crippen LogP contribution in [-0.4, -0.2) is 45.7 Å². The molecule has 3 N–H and O–H groups in total. The molecule has 1 atom stereocenters. The molecule has 0 radical (unpaired) electrons. The Labute approximate surface area is 145 Å². The second-order valence-electron chi connectivity index (χ2n) is 5.55. The smallest absolute Gasteiger partial charge is 0.403 e. The van der Waals surface area contributed by atoms with Gasteiger partial charge in [-0.3, -0.25) is 4.79 Å². The lowest BCUT2D eigenvalue weighted by Crippen LogP contribution is -2.38. The number of carboxylic acids is 1. The summed E-state index contributed by atoms with van der Waals surface area (Å²) in [5.41, 5.74) is 2.40. The van der Waals surface area contributed by atoms with E-state index in [0.29, 0.717) is 16.0 Å². The van der Waals surface area contributed by atoms with E-state index < -0.39 is 19.8 Å². The number of nitrogens with zero attached hydrogens (tertiary/aromatic N) is 1. The Morgan fingerprint density at radius 1 is 1.20 bits per heavy atom. The summed E-state index contributed by atoms with van der Waals surface area (Å²) in [6.45, 7) is 0. The molecule has 7 nitrogen and oxygen atoms in total.